The van der Waals surface area contributed by atoms with Crippen LogP contribution in [0.25, 0.3) is 0 Å². The van der Waals surface area contributed by atoms with Crippen LogP contribution >= 0.6 is 27.5 Å². The molecule has 18 heavy (non-hydrogen) atoms. The van der Waals surface area contributed by atoms with Crippen molar-refractivity contribution in [2.24, 2.45) is 0 Å². The molecule has 0 aliphatic carbocycles. The van der Waals surface area contributed by atoms with E-state index in [1.54, 1.807) is 6.07 Å². The van der Waals surface area contributed by atoms with Crippen LogP contribution in [0.15, 0.2) is 22.9 Å². The maximum absolute atomic E-state index is 13.3. The maximum atomic E-state index is 13.3. The Balaban J connectivity index is 2.40. The van der Waals surface area contributed by atoms with Crippen LogP contribution in [0.4, 0.5) is 15.9 Å². The minimum absolute atomic E-state index is 0.296. The summed E-state index contributed by atoms with van der Waals surface area (Å²) in [4.78, 5) is 7.99. The van der Waals surface area contributed by atoms with E-state index >= 15 is 0 Å². The van der Waals surface area contributed by atoms with Crippen LogP contribution in [0.1, 0.15) is 11.1 Å². The first kappa shape index (κ1) is 13.2. The van der Waals surface area contributed by atoms with E-state index < -0.39 is 0 Å². The van der Waals surface area contributed by atoms with Crippen LogP contribution in [0, 0.1) is 19.7 Å². The molecule has 0 amide bonds. The molecule has 1 aromatic heterocycles. The Morgan fingerprint density at radius 3 is 2.72 bits per heavy atom. The lowest BCUT2D eigenvalue weighted by molar-refractivity contribution is 0.620. The predicted molar refractivity (Wildman–Crippen MR) is 73.9 cm³/mol. The van der Waals surface area contributed by atoms with Crippen LogP contribution in [0.3, 0.4) is 0 Å². The van der Waals surface area contributed by atoms with Gasteiger partial charge in [0.25, 0.3) is 0 Å². The molecule has 0 aliphatic rings. The van der Waals surface area contributed by atoms with E-state index in [1.807, 2.05) is 13.8 Å². The SMILES string of the molecule is Cc1cc(F)c(Br)cc1Nc1ncnc(Cl)c1C. The van der Waals surface area contributed by atoms with Crippen molar-refractivity contribution in [3.8, 4) is 0 Å². The molecule has 2 aromatic rings. The molecule has 0 atom stereocenters. The number of aromatic nitrogens is 2. The molecule has 0 fully saturated rings. The van der Waals surface area contributed by atoms with Gasteiger partial charge in [-0.2, -0.15) is 0 Å². The lowest BCUT2D eigenvalue weighted by Gasteiger charge is -2.12. The van der Waals surface area contributed by atoms with Gasteiger partial charge in [0.2, 0.25) is 0 Å². The number of hydrogen-bond acceptors (Lipinski definition) is 3. The molecule has 0 spiro atoms. The van der Waals surface area contributed by atoms with Crippen LogP contribution in [0.2, 0.25) is 5.15 Å². The Hall–Kier alpha value is -1.20. The number of hydrogen-bond donors (Lipinski definition) is 1. The van der Waals surface area contributed by atoms with Gasteiger partial charge in [-0.15, -0.1) is 0 Å². The van der Waals surface area contributed by atoms with Gasteiger partial charge in [0, 0.05) is 11.3 Å². The molecule has 6 heteroatoms. The summed E-state index contributed by atoms with van der Waals surface area (Å²) >= 11 is 9.07. The van der Waals surface area contributed by atoms with Crippen molar-refractivity contribution in [2.75, 3.05) is 5.32 Å². The molecule has 0 radical (unpaired) electrons. The van der Waals surface area contributed by atoms with Crippen molar-refractivity contribution in [1.82, 2.24) is 9.97 Å². The van der Waals surface area contributed by atoms with E-state index in [1.165, 1.54) is 12.4 Å². The number of rotatable bonds is 2. The normalized spacial score (nSPS) is 10.5. The average molecular weight is 331 g/mol. The first-order chi connectivity index (χ1) is 8.49. The van der Waals surface area contributed by atoms with Gasteiger partial charge in [-0.3, -0.25) is 0 Å². The van der Waals surface area contributed by atoms with E-state index in [-0.39, 0.29) is 5.82 Å². The second-order valence-electron chi connectivity index (χ2n) is 3.84. The molecular weight excluding hydrogens is 321 g/mol. The van der Waals surface area contributed by atoms with Gasteiger partial charge in [-0.25, -0.2) is 14.4 Å². The van der Waals surface area contributed by atoms with Crippen LogP contribution in [-0.4, -0.2) is 9.97 Å². The highest BCUT2D eigenvalue weighted by molar-refractivity contribution is 9.10. The van der Waals surface area contributed by atoms with Gasteiger partial charge < -0.3 is 5.32 Å². The van der Waals surface area contributed by atoms with Gasteiger partial charge in [0.1, 0.15) is 23.1 Å². The van der Waals surface area contributed by atoms with Gasteiger partial charge in [0.05, 0.1) is 4.47 Å². The summed E-state index contributed by atoms with van der Waals surface area (Å²) in [5, 5.41) is 3.51. The molecule has 0 aliphatic heterocycles. The van der Waals surface area contributed by atoms with E-state index in [0.29, 0.717) is 15.4 Å². The highest BCUT2D eigenvalue weighted by Gasteiger charge is 2.09. The number of aryl methyl sites for hydroxylation is 1. The van der Waals surface area contributed by atoms with Crippen LogP contribution in [-0.2, 0) is 0 Å². The Morgan fingerprint density at radius 2 is 2.00 bits per heavy atom. The van der Waals surface area contributed by atoms with E-state index in [4.69, 9.17) is 11.6 Å². The summed E-state index contributed by atoms with van der Waals surface area (Å²) in [6.45, 7) is 3.63. The molecule has 0 unspecified atom stereocenters. The van der Waals surface area contributed by atoms with Crippen molar-refractivity contribution < 1.29 is 4.39 Å². The fraction of sp³-hybridized carbons (Fsp3) is 0.167. The summed E-state index contributed by atoms with van der Waals surface area (Å²) in [5.74, 6) is 0.312. The summed E-state index contributed by atoms with van der Waals surface area (Å²) in [6, 6.07) is 3.12. The highest BCUT2D eigenvalue weighted by atomic mass is 79.9. The van der Waals surface area contributed by atoms with E-state index in [9.17, 15) is 4.39 Å². The monoisotopic (exact) mass is 329 g/mol. The van der Waals surface area contributed by atoms with E-state index in [0.717, 1.165) is 16.8 Å². The van der Waals surface area contributed by atoms with Crippen LogP contribution < -0.4 is 5.32 Å². The Morgan fingerprint density at radius 1 is 1.28 bits per heavy atom. The molecule has 0 saturated carbocycles. The number of benzene rings is 1. The zero-order chi connectivity index (χ0) is 13.3. The smallest absolute Gasteiger partial charge is 0.138 e. The molecular formula is C12H10BrClFN3. The standard InChI is InChI=1S/C12H10BrClFN3/c1-6-3-9(15)8(13)4-10(6)18-12-7(2)11(14)16-5-17-12/h3-5H,1-2H3,(H,16,17,18). The third kappa shape index (κ3) is 2.62. The van der Waals surface area contributed by atoms with Crippen molar-refractivity contribution in [1.29, 1.82) is 0 Å². The first-order valence-corrected chi connectivity index (χ1v) is 6.36. The third-order valence-electron chi connectivity index (χ3n) is 2.54. The molecule has 94 valence electrons. The Labute approximate surface area is 118 Å². The zero-order valence-electron chi connectivity index (χ0n) is 9.76. The van der Waals surface area contributed by atoms with Gasteiger partial charge in [-0.05, 0) is 47.5 Å². The summed E-state index contributed by atoms with van der Waals surface area (Å²) in [6.07, 6.45) is 1.38. The minimum atomic E-state index is -0.296. The molecule has 0 bridgehead atoms. The minimum Gasteiger partial charge on any atom is -0.340 e. The predicted octanol–water partition coefficient (Wildman–Crippen LogP) is 4.39. The highest BCUT2D eigenvalue weighted by Crippen LogP contribution is 2.28. The summed E-state index contributed by atoms with van der Waals surface area (Å²) in [7, 11) is 0. The molecule has 3 nitrogen and oxygen atoms in total. The molecule has 2 rings (SSSR count). The lowest BCUT2D eigenvalue weighted by Crippen LogP contribution is -2.00. The van der Waals surface area contributed by atoms with Crippen LogP contribution in [0.5, 0.6) is 0 Å². The Bertz CT molecular complexity index is 604. The quantitative estimate of drug-likeness (QED) is 0.830. The number of anilines is 2. The molecule has 1 aromatic carbocycles. The molecule has 1 heterocycles. The number of halogens is 3. The van der Waals surface area contributed by atoms with Crippen molar-refractivity contribution in [3.63, 3.8) is 0 Å². The Kier molecular flexibility index (Phi) is 3.82. The number of nitrogens with zero attached hydrogens (tertiary/aromatic N) is 2. The van der Waals surface area contributed by atoms with Crippen molar-refractivity contribution in [2.45, 2.75) is 13.8 Å². The topological polar surface area (TPSA) is 37.8 Å². The molecule has 1 N–H and O–H groups in total. The third-order valence-corrected chi connectivity index (χ3v) is 3.53. The second kappa shape index (κ2) is 5.20. The van der Waals surface area contributed by atoms with Gasteiger partial charge in [0.15, 0.2) is 0 Å². The summed E-state index contributed by atoms with van der Waals surface area (Å²) < 4.78 is 13.7. The maximum Gasteiger partial charge on any atom is 0.138 e. The van der Waals surface area contributed by atoms with Gasteiger partial charge >= 0.3 is 0 Å². The second-order valence-corrected chi connectivity index (χ2v) is 5.06. The molecule has 0 saturated heterocycles. The fourth-order valence-corrected chi connectivity index (χ4v) is 1.94. The van der Waals surface area contributed by atoms with Gasteiger partial charge in [-0.1, -0.05) is 11.6 Å². The lowest BCUT2D eigenvalue weighted by atomic mass is 10.2. The fourth-order valence-electron chi connectivity index (χ4n) is 1.46. The van der Waals surface area contributed by atoms with Crippen molar-refractivity contribution in [3.05, 3.63) is 45.0 Å². The average Bonchev–Trinajstić information content (AvgIpc) is 2.32. The first-order valence-electron chi connectivity index (χ1n) is 5.19. The largest absolute Gasteiger partial charge is 0.340 e. The zero-order valence-corrected chi connectivity index (χ0v) is 12.1. The summed E-state index contributed by atoms with van der Waals surface area (Å²) in [5.41, 5.74) is 2.30. The van der Waals surface area contributed by atoms with Crippen molar-refractivity contribution >= 4 is 39.0 Å². The van der Waals surface area contributed by atoms with E-state index in [2.05, 4.69) is 31.2 Å². The number of nitrogens with one attached hydrogen (secondary N) is 1.